The number of benzene rings is 2. The third-order valence-corrected chi connectivity index (χ3v) is 3.52. The van der Waals surface area contributed by atoms with Crippen molar-refractivity contribution in [3.05, 3.63) is 66.2 Å². The van der Waals surface area contributed by atoms with Gasteiger partial charge in [0.25, 0.3) is 5.91 Å². The molecular weight excluding hydrogens is 344 g/mol. The van der Waals surface area contributed by atoms with Crippen LogP contribution in [0.5, 0.6) is 17.2 Å². The lowest BCUT2D eigenvalue weighted by Gasteiger charge is -2.11. The smallest absolute Gasteiger partial charge is 0.271 e. The zero-order valence-corrected chi connectivity index (χ0v) is 15.6. The van der Waals surface area contributed by atoms with Crippen molar-refractivity contribution in [2.75, 3.05) is 20.3 Å². The molecule has 2 aromatic rings. The molecule has 0 heterocycles. The number of ether oxygens (including phenoxy) is 3. The van der Waals surface area contributed by atoms with Crippen LogP contribution in [0.2, 0.25) is 0 Å². The fourth-order valence-electron chi connectivity index (χ4n) is 2.18. The lowest BCUT2D eigenvalue weighted by atomic mass is 10.2. The van der Waals surface area contributed by atoms with E-state index < -0.39 is 0 Å². The molecule has 142 valence electrons. The highest BCUT2D eigenvalue weighted by Gasteiger charge is 2.10. The van der Waals surface area contributed by atoms with Crippen molar-refractivity contribution < 1.29 is 19.0 Å². The Morgan fingerprint density at radius 3 is 2.59 bits per heavy atom. The molecule has 0 fully saturated rings. The average molecular weight is 368 g/mol. The molecule has 0 saturated carbocycles. The van der Waals surface area contributed by atoms with E-state index in [0.29, 0.717) is 30.3 Å². The summed E-state index contributed by atoms with van der Waals surface area (Å²) in [5.74, 6) is 1.53. The van der Waals surface area contributed by atoms with E-state index in [2.05, 4.69) is 17.1 Å². The quantitative estimate of drug-likeness (QED) is 0.393. The lowest BCUT2D eigenvalue weighted by Crippen LogP contribution is -2.17. The van der Waals surface area contributed by atoms with Crippen LogP contribution in [0.1, 0.15) is 29.3 Å². The zero-order valence-electron chi connectivity index (χ0n) is 15.6. The van der Waals surface area contributed by atoms with Gasteiger partial charge in [0.2, 0.25) is 0 Å². The van der Waals surface area contributed by atoms with Gasteiger partial charge in [-0.05, 0) is 54.4 Å². The number of methoxy groups -OCH3 is 1. The van der Waals surface area contributed by atoms with Gasteiger partial charge < -0.3 is 14.2 Å². The second-order valence-electron chi connectivity index (χ2n) is 5.58. The number of hydrazone groups is 1. The Labute approximate surface area is 159 Å². The molecule has 0 bridgehead atoms. The largest absolute Gasteiger partial charge is 0.493 e. The number of hydrogen-bond donors (Lipinski definition) is 1. The summed E-state index contributed by atoms with van der Waals surface area (Å²) < 4.78 is 16.3. The first-order chi connectivity index (χ1) is 13.2. The van der Waals surface area contributed by atoms with E-state index in [1.807, 2.05) is 31.2 Å². The third kappa shape index (κ3) is 6.18. The molecular formula is C21H24N2O4. The summed E-state index contributed by atoms with van der Waals surface area (Å²) in [5, 5.41) is 3.98. The number of nitrogens with zero attached hydrogens (tertiary/aromatic N) is 1. The van der Waals surface area contributed by atoms with Gasteiger partial charge in [-0.1, -0.05) is 19.6 Å². The van der Waals surface area contributed by atoms with E-state index in [0.717, 1.165) is 17.7 Å². The van der Waals surface area contributed by atoms with Crippen molar-refractivity contribution in [3.8, 4) is 17.2 Å². The zero-order chi connectivity index (χ0) is 19.5. The van der Waals surface area contributed by atoms with E-state index in [-0.39, 0.29) is 5.91 Å². The molecule has 0 unspecified atom stereocenters. The van der Waals surface area contributed by atoms with E-state index >= 15 is 0 Å². The van der Waals surface area contributed by atoms with Crippen molar-refractivity contribution in [1.29, 1.82) is 0 Å². The minimum absolute atomic E-state index is 0.336. The molecule has 0 atom stereocenters. The summed E-state index contributed by atoms with van der Waals surface area (Å²) >= 11 is 0. The highest BCUT2D eigenvalue weighted by Crippen LogP contribution is 2.28. The van der Waals surface area contributed by atoms with Gasteiger partial charge in [-0.25, -0.2) is 5.43 Å². The molecule has 2 aromatic carbocycles. The van der Waals surface area contributed by atoms with Crippen LogP contribution in [0.25, 0.3) is 0 Å². The SMILES string of the molecule is C=CCOc1ccc(/C=N/NC(=O)c2ccc(OCCC)c(OC)c2)cc1. The van der Waals surface area contributed by atoms with Gasteiger partial charge in [0.05, 0.1) is 19.9 Å². The number of hydrogen-bond acceptors (Lipinski definition) is 5. The molecule has 0 saturated heterocycles. The van der Waals surface area contributed by atoms with Crippen LogP contribution in [0.15, 0.2) is 60.2 Å². The van der Waals surface area contributed by atoms with E-state index in [1.54, 1.807) is 30.5 Å². The Balaban J connectivity index is 1.96. The predicted molar refractivity (Wildman–Crippen MR) is 106 cm³/mol. The van der Waals surface area contributed by atoms with Crippen molar-refractivity contribution in [3.63, 3.8) is 0 Å². The van der Waals surface area contributed by atoms with Crippen molar-refractivity contribution in [2.45, 2.75) is 13.3 Å². The van der Waals surface area contributed by atoms with Crippen LogP contribution in [0, 0.1) is 0 Å². The summed E-state index contributed by atoms with van der Waals surface area (Å²) in [6, 6.07) is 12.4. The maximum absolute atomic E-state index is 12.3. The fourth-order valence-corrected chi connectivity index (χ4v) is 2.18. The molecule has 2 rings (SSSR count). The maximum atomic E-state index is 12.3. The first-order valence-corrected chi connectivity index (χ1v) is 8.66. The van der Waals surface area contributed by atoms with Gasteiger partial charge in [-0.2, -0.15) is 5.10 Å². The molecule has 27 heavy (non-hydrogen) atoms. The van der Waals surface area contributed by atoms with Gasteiger partial charge in [-0.3, -0.25) is 4.79 Å². The van der Waals surface area contributed by atoms with Crippen molar-refractivity contribution >= 4 is 12.1 Å². The Morgan fingerprint density at radius 1 is 1.15 bits per heavy atom. The van der Waals surface area contributed by atoms with Crippen LogP contribution in [-0.4, -0.2) is 32.4 Å². The Morgan fingerprint density at radius 2 is 1.93 bits per heavy atom. The molecule has 6 nitrogen and oxygen atoms in total. The second kappa shape index (κ2) is 10.7. The predicted octanol–water partition coefficient (Wildman–Crippen LogP) is 3.81. The molecule has 1 N–H and O–H groups in total. The average Bonchev–Trinajstić information content (AvgIpc) is 2.71. The van der Waals surface area contributed by atoms with Crippen LogP contribution < -0.4 is 19.6 Å². The lowest BCUT2D eigenvalue weighted by molar-refractivity contribution is 0.0954. The Bertz CT molecular complexity index is 785. The van der Waals surface area contributed by atoms with Gasteiger partial charge in [0.15, 0.2) is 11.5 Å². The molecule has 1 amide bonds. The van der Waals surface area contributed by atoms with Gasteiger partial charge >= 0.3 is 0 Å². The molecule has 6 heteroatoms. The summed E-state index contributed by atoms with van der Waals surface area (Å²) in [4.78, 5) is 12.3. The topological polar surface area (TPSA) is 69.2 Å². The number of carbonyl (C=O) groups excluding carboxylic acids is 1. The highest BCUT2D eigenvalue weighted by molar-refractivity contribution is 5.95. The standard InChI is InChI=1S/C21H24N2O4/c1-4-12-26-18-9-6-16(7-10-18)15-22-23-21(24)17-8-11-19(27-13-5-2)20(14-17)25-3/h4,6-11,14-15H,1,5,12-13H2,2-3H3,(H,23,24)/b22-15+. The summed E-state index contributed by atoms with van der Waals surface area (Å²) in [7, 11) is 1.54. The first-order valence-electron chi connectivity index (χ1n) is 8.66. The van der Waals surface area contributed by atoms with E-state index in [9.17, 15) is 4.79 Å². The van der Waals surface area contributed by atoms with Crippen LogP contribution in [0.3, 0.4) is 0 Å². The summed E-state index contributed by atoms with van der Waals surface area (Å²) in [5.41, 5.74) is 3.77. The Hall–Kier alpha value is -3.28. The summed E-state index contributed by atoms with van der Waals surface area (Å²) in [6.07, 6.45) is 4.13. The van der Waals surface area contributed by atoms with E-state index in [4.69, 9.17) is 14.2 Å². The van der Waals surface area contributed by atoms with Crippen molar-refractivity contribution in [2.24, 2.45) is 5.10 Å². The third-order valence-electron chi connectivity index (χ3n) is 3.52. The molecule has 0 spiro atoms. The van der Waals surface area contributed by atoms with Crippen LogP contribution >= 0.6 is 0 Å². The number of amides is 1. The Kier molecular flexibility index (Phi) is 7.91. The maximum Gasteiger partial charge on any atom is 0.271 e. The molecule has 0 aliphatic carbocycles. The second-order valence-corrected chi connectivity index (χ2v) is 5.58. The van der Waals surface area contributed by atoms with Crippen LogP contribution in [-0.2, 0) is 0 Å². The first kappa shape index (κ1) is 20.0. The molecule has 0 radical (unpaired) electrons. The normalized spacial score (nSPS) is 10.4. The summed E-state index contributed by atoms with van der Waals surface area (Å²) in [6.45, 7) is 6.67. The van der Waals surface area contributed by atoms with E-state index in [1.165, 1.54) is 7.11 Å². The van der Waals surface area contributed by atoms with Gasteiger partial charge in [0, 0.05) is 5.56 Å². The van der Waals surface area contributed by atoms with Crippen molar-refractivity contribution in [1.82, 2.24) is 5.43 Å². The fraction of sp³-hybridized carbons (Fsp3) is 0.238. The minimum Gasteiger partial charge on any atom is -0.493 e. The number of carbonyl (C=O) groups is 1. The van der Waals surface area contributed by atoms with Gasteiger partial charge in [0.1, 0.15) is 12.4 Å². The number of rotatable bonds is 10. The molecule has 0 aliphatic rings. The van der Waals surface area contributed by atoms with Gasteiger partial charge in [-0.15, -0.1) is 0 Å². The molecule has 0 aliphatic heterocycles. The minimum atomic E-state index is -0.336. The van der Waals surface area contributed by atoms with Crippen LogP contribution in [0.4, 0.5) is 0 Å². The molecule has 0 aromatic heterocycles. The monoisotopic (exact) mass is 368 g/mol. The number of nitrogens with one attached hydrogen (secondary N) is 1. The highest BCUT2D eigenvalue weighted by atomic mass is 16.5.